The summed E-state index contributed by atoms with van der Waals surface area (Å²) < 4.78 is 4.68. The zero-order chi connectivity index (χ0) is 9.23. The lowest BCUT2D eigenvalue weighted by molar-refractivity contribution is -0.137. The Morgan fingerprint density at radius 3 is 3.00 bits per heavy atom. The van der Waals surface area contributed by atoms with Crippen molar-refractivity contribution in [3.63, 3.8) is 0 Å². The van der Waals surface area contributed by atoms with Crippen LogP contribution in [-0.4, -0.2) is 24.9 Å². The number of rotatable bonds is 6. The van der Waals surface area contributed by atoms with Crippen LogP contribution in [0.15, 0.2) is 11.5 Å². The van der Waals surface area contributed by atoms with E-state index in [4.69, 9.17) is 5.73 Å². The van der Waals surface area contributed by atoms with Gasteiger partial charge in [-0.1, -0.05) is 0 Å². The van der Waals surface area contributed by atoms with Gasteiger partial charge in [-0.3, -0.25) is 0 Å². The zero-order valence-corrected chi connectivity index (χ0v) is 8.10. The fraction of sp³-hybridized carbons (Fsp3) is 0.625. The van der Waals surface area contributed by atoms with Gasteiger partial charge in [0.15, 0.2) is 0 Å². The van der Waals surface area contributed by atoms with Crippen LogP contribution in [0.1, 0.15) is 13.3 Å². The summed E-state index contributed by atoms with van der Waals surface area (Å²) >= 11 is 1.57. The lowest BCUT2D eigenvalue weighted by Crippen LogP contribution is -1.99. The summed E-state index contributed by atoms with van der Waals surface area (Å²) in [4.78, 5) is 10.7. The van der Waals surface area contributed by atoms with Crippen LogP contribution < -0.4 is 5.73 Å². The quantitative estimate of drug-likeness (QED) is 0.387. The zero-order valence-electron chi connectivity index (χ0n) is 7.29. The number of hydrogen-bond donors (Lipinski definition) is 1. The minimum Gasteiger partial charge on any atom is -0.463 e. The van der Waals surface area contributed by atoms with Crippen molar-refractivity contribution in [2.75, 3.05) is 18.9 Å². The molecule has 0 amide bonds. The van der Waals surface area contributed by atoms with E-state index in [1.165, 1.54) is 6.08 Å². The predicted molar refractivity (Wildman–Crippen MR) is 51.9 cm³/mol. The molecule has 0 spiro atoms. The molecular weight excluding hydrogens is 174 g/mol. The molecule has 2 N–H and O–H groups in total. The molecule has 0 unspecified atom stereocenters. The molecule has 0 atom stereocenters. The summed E-state index contributed by atoms with van der Waals surface area (Å²) in [7, 11) is 0. The Morgan fingerprint density at radius 2 is 2.42 bits per heavy atom. The van der Waals surface area contributed by atoms with E-state index in [2.05, 4.69) is 4.74 Å². The number of carbonyl (C=O) groups excluding carboxylic acids is 1. The minimum atomic E-state index is -0.280. The maximum atomic E-state index is 10.7. The van der Waals surface area contributed by atoms with Crippen LogP contribution in [0.2, 0.25) is 0 Å². The smallest absolute Gasteiger partial charge is 0.331 e. The second-order valence-electron chi connectivity index (χ2n) is 2.07. The Labute approximate surface area is 77.3 Å². The van der Waals surface area contributed by atoms with E-state index in [0.717, 1.165) is 12.2 Å². The van der Waals surface area contributed by atoms with Crippen LogP contribution in [0.4, 0.5) is 0 Å². The first-order valence-electron chi connectivity index (χ1n) is 3.96. The molecule has 0 aromatic rings. The second kappa shape index (κ2) is 8.62. The maximum Gasteiger partial charge on any atom is 0.331 e. The lowest BCUT2D eigenvalue weighted by atomic mass is 10.5. The molecule has 0 fully saturated rings. The summed E-state index contributed by atoms with van der Waals surface area (Å²) in [5, 5.41) is 1.74. The first kappa shape index (κ1) is 11.5. The second-order valence-corrected chi connectivity index (χ2v) is 3.08. The van der Waals surface area contributed by atoms with Gasteiger partial charge in [0.25, 0.3) is 0 Å². The van der Waals surface area contributed by atoms with Gasteiger partial charge in [-0.15, -0.1) is 11.8 Å². The van der Waals surface area contributed by atoms with Gasteiger partial charge < -0.3 is 10.5 Å². The fourth-order valence-electron chi connectivity index (χ4n) is 0.529. The van der Waals surface area contributed by atoms with Crippen LogP contribution in [0.3, 0.4) is 0 Å². The molecule has 0 heterocycles. The Balaban J connectivity index is 3.29. The number of ether oxygens (including phenoxy) is 1. The Kier molecular flexibility index (Phi) is 8.27. The van der Waals surface area contributed by atoms with E-state index >= 15 is 0 Å². The van der Waals surface area contributed by atoms with Crippen LogP contribution in [0.5, 0.6) is 0 Å². The molecule has 0 saturated carbocycles. The number of esters is 1. The first-order chi connectivity index (χ1) is 5.81. The molecule has 12 heavy (non-hydrogen) atoms. The largest absolute Gasteiger partial charge is 0.463 e. The van der Waals surface area contributed by atoms with Crippen LogP contribution in [-0.2, 0) is 9.53 Å². The van der Waals surface area contributed by atoms with Gasteiger partial charge >= 0.3 is 5.97 Å². The maximum absolute atomic E-state index is 10.7. The topological polar surface area (TPSA) is 52.3 Å². The minimum absolute atomic E-state index is 0.280. The van der Waals surface area contributed by atoms with Crippen LogP contribution >= 0.6 is 11.8 Å². The summed E-state index contributed by atoms with van der Waals surface area (Å²) in [6.45, 7) is 2.91. The average molecular weight is 189 g/mol. The molecule has 0 saturated heterocycles. The van der Waals surface area contributed by atoms with E-state index in [1.807, 2.05) is 0 Å². The summed E-state index contributed by atoms with van der Waals surface area (Å²) in [6, 6.07) is 0. The van der Waals surface area contributed by atoms with Gasteiger partial charge in [-0.05, 0) is 31.1 Å². The summed E-state index contributed by atoms with van der Waals surface area (Å²) in [5.74, 6) is 0.671. The standard InChI is InChI=1S/C8H15NO2S/c1-2-11-8(10)4-7-12-6-3-5-9/h4,7H,2-3,5-6,9H2,1H3. The third-order valence-electron chi connectivity index (χ3n) is 1.05. The van der Waals surface area contributed by atoms with Crippen molar-refractivity contribution in [3.8, 4) is 0 Å². The molecule has 0 rings (SSSR count). The SMILES string of the molecule is CCOC(=O)C=CSCCCN. The molecule has 0 aliphatic carbocycles. The molecule has 3 nitrogen and oxygen atoms in total. The molecule has 0 radical (unpaired) electrons. The monoisotopic (exact) mass is 189 g/mol. The Bertz CT molecular complexity index is 148. The molecule has 0 aromatic carbocycles. The molecule has 0 bridgehead atoms. The summed E-state index contributed by atoms with van der Waals surface area (Å²) in [5.41, 5.74) is 5.29. The number of hydrogen-bond acceptors (Lipinski definition) is 4. The fourth-order valence-corrected chi connectivity index (χ4v) is 1.21. The molecule has 0 aliphatic rings. The molecule has 0 aliphatic heterocycles. The van der Waals surface area contributed by atoms with Gasteiger partial charge in [-0.2, -0.15) is 0 Å². The normalized spacial score (nSPS) is 10.5. The molecular formula is C8H15NO2S. The number of nitrogens with two attached hydrogens (primary N) is 1. The highest BCUT2D eigenvalue weighted by Crippen LogP contribution is 2.03. The highest BCUT2D eigenvalue weighted by atomic mass is 32.2. The lowest BCUT2D eigenvalue weighted by Gasteiger charge is -1.94. The van der Waals surface area contributed by atoms with Crippen molar-refractivity contribution in [2.45, 2.75) is 13.3 Å². The van der Waals surface area contributed by atoms with Crippen molar-refractivity contribution in [3.05, 3.63) is 11.5 Å². The predicted octanol–water partition coefficient (Wildman–Crippen LogP) is 1.15. The van der Waals surface area contributed by atoms with Crippen molar-refractivity contribution in [1.82, 2.24) is 0 Å². The van der Waals surface area contributed by atoms with E-state index < -0.39 is 0 Å². The third kappa shape index (κ3) is 7.63. The van der Waals surface area contributed by atoms with Crippen LogP contribution in [0.25, 0.3) is 0 Å². The van der Waals surface area contributed by atoms with E-state index in [0.29, 0.717) is 13.2 Å². The average Bonchev–Trinajstić information content (AvgIpc) is 2.05. The van der Waals surface area contributed by atoms with E-state index in [1.54, 1.807) is 24.1 Å². The third-order valence-corrected chi connectivity index (χ3v) is 1.91. The van der Waals surface area contributed by atoms with Crippen molar-refractivity contribution >= 4 is 17.7 Å². The van der Waals surface area contributed by atoms with Crippen molar-refractivity contribution in [1.29, 1.82) is 0 Å². The molecule has 4 heteroatoms. The number of carbonyl (C=O) groups is 1. The van der Waals surface area contributed by atoms with Gasteiger partial charge in [0.2, 0.25) is 0 Å². The number of thioether (sulfide) groups is 1. The highest BCUT2D eigenvalue weighted by Gasteiger charge is 1.91. The summed E-state index contributed by atoms with van der Waals surface area (Å²) in [6.07, 6.45) is 2.41. The van der Waals surface area contributed by atoms with Gasteiger partial charge in [-0.25, -0.2) is 4.79 Å². The van der Waals surface area contributed by atoms with Crippen LogP contribution in [0, 0.1) is 0 Å². The van der Waals surface area contributed by atoms with Crippen molar-refractivity contribution < 1.29 is 9.53 Å². The Hall–Kier alpha value is -0.480. The molecule has 70 valence electrons. The van der Waals surface area contributed by atoms with Gasteiger partial charge in [0.1, 0.15) is 0 Å². The highest BCUT2D eigenvalue weighted by molar-refractivity contribution is 8.02. The first-order valence-corrected chi connectivity index (χ1v) is 5.01. The van der Waals surface area contributed by atoms with Crippen molar-refractivity contribution in [2.24, 2.45) is 5.73 Å². The Morgan fingerprint density at radius 1 is 1.67 bits per heavy atom. The van der Waals surface area contributed by atoms with E-state index in [9.17, 15) is 4.79 Å². The molecule has 0 aromatic heterocycles. The van der Waals surface area contributed by atoms with E-state index in [-0.39, 0.29) is 5.97 Å². The van der Waals surface area contributed by atoms with Gasteiger partial charge in [0, 0.05) is 6.08 Å². The van der Waals surface area contributed by atoms with Gasteiger partial charge in [0.05, 0.1) is 6.61 Å².